The van der Waals surface area contributed by atoms with Crippen LogP contribution in [0.15, 0.2) is 88.7 Å². The van der Waals surface area contributed by atoms with Crippen molar-refractivity contribution in [3.8, 4) is 22.6 Å². The number of benzene rings is 2. The van der Waals surface area contributed by atoms with Gasteiger partial charge in [-0.3, -0.25) is 14.3 Å². The standard InChI is InChI=1S/C40H41FN6O4/c1-26-36(43-37-7-2-3-16-45(26)37)15-10-27-8-11-31(12-9-27)47-39(49)35-23-30(41)24-42-38(35)46(40(47)50)32-6-4-5-28(21-32)34-14-13-33(48)22-29(34)25-44-17-19-51-20-18-44/h2-7,13-14,16,21-24,27,31,48H,8-12,15,17-20,25H2,1H3. The first-order valence-electron chi connectivity index (χ1n) is 17.8. The second kappa shape index (κ2) is 13.9. The SMILES string of the molecule is Cc1c(CCC2CCC(n3c(=O)c4cc(F)cnc4n(-c4cccc(-c5ccc(O)cc5CN5CCOCC5)c4)c3=O)CC2)nc2ccccn12. The Hall–Kier alpha value is -5.13. The number of halogens is 1. The molecule has 0 atom stereocenters. The van der Waals surface area contributed by atoms with Crippen LogP contribution in [0.5, 0.6) is 5.75 Å². The van der Waals surface area contributed by atoms with Gasteiger partial charge in [-0.05, 0) is 111 Å². The Morgan fingerprint density at radius 1 is 0.961 bits per heavy atom. The number of nitrogens with zero attached hydrogens (tertiary/aromatic N) is 6. The van der Waals surface area contributed by atoms with Crippen LogP contribution in [-0.2, 0) is 17.7 Å². The molecule has 4 aromatic heterocycles. The van der Waals surface area contributed by atoms with E-state index in [2.05, 4.69) is 21.2 Å². The Labute approximate surface area is 294 Å². The molecule has 1 saturated heterocycles. The van der Waals surface area contributed by atoms with E-state index in [-0.39, 0.29) is 22.8 Å². The molecule has 2 aliphatic rings. The van der Waals surface area contributed by atoms with Crippen molar-refractivity contribution in [3.05, 3.63) is 123 Å². The van der Waals surface area contributed by atoms with E-state index in [0.717, 1.165) is 78.7 Å². The van der Waals surface area contributed by atoms with Gasteiger partial charge in [-0.2, -0.15) is 0 Å². The van der Waals surface area contributed by atoms with Crippen molar-refractivity contribution in [1.82, 2.24) is 28.4 Å². The minimum Gasteiger partial charge on any atom is -0.508 e. The van der Waals surface area contributed by atoms with Gasteiger partial charge in [0.15, 0.2) is 5.65 Å². The van der Waals surface area contributed by atoms with Crippen molar-refractivity contribution in [2.45, 2.75) is 58.0 Å². The van der Waals surface area contributed by atoms with Gasteiger partial charge in [0, 0.05) is 37.6 Å². The number of aromatic nitrogens is 5. The molecular formula is C40H41FN6O4. The number of phenolic OH excluding ortho intramolecular Hbond substituents is 1. The van der Waals surface area contributed by atoms with Crippen molar-refractivity contribution in [1.29, 1.82) is 0 Å². The zero-order chi connectivity index (χ0) is 35.1. The molecule has 0 bridgehead atoms. The highest BCUT2D eigenvalue weighted by Crippen LogP contribution is 2.34. The molecule has 1 saturated carbocycles. The van der Waals surface area contributed by atoms with Crippen molar-refractivity contribution in [2.75, 3.05) is 26.3 Å². The van der Waals surface area contributed by atoms with Crippen LogP contribution in [0.3, 0.4) is 0 Å². The molecule has 2 aromatic carbocycles. The summed E-state index contributed by atoms with van der Waals surface area (Å²) in [6.45, 7) is 5.65. The van der Waals surface area contributed by atoms with Gasteiger partial charge < -0.3 is 14.2 Å². The maximum Gasteiger partial charge on any atom is 0.337 e. The molecule has 0 radical (unpaired) electrons. The minimum absolute atomic E-state index is 0.0714. The van der Waals surface area contributed by atoms with Crippen molar-refractivity contribution in [3.63, 3.8) is 0 Å². The fourth-order valence-corrected chi connectivity index (χ4v) is 7.98. The molecule has 1 aliphatic heterocycles. The van der Waals surface area contributed by atoms with E-state index in [9.17, 15) is 19.1 Å². The highest BCUT2D eigenvalue weighted by molar-refractivity contribution is 5.77. The third kappa shape index (κ3) is 6.47. The fourth-order valence-electron chi connectivity index (χ4n) is 7.98. The van der Waals surface area contributed by atoms with Gasteiger partial charge in [-0.25, -0.2) is 23.7 Å². The van der Waals surface area contributed by atoms with Gasteiger partial charge in [0.25, 0.3) is 5.56 Å². The summed E-state index contributed by atoms with van der Waals surface area (Å²) >= 11 is 0. The molecule has 5 heterocycles. The number of rotatable bonds is 8. The van der Waals surface area contributed by atoms with E-state index in [1.807, 2.05) is 54.7 Å². The summed E-state index contributed by atoms with van der Waals surface area (Å²) in [7, 11) is 0. The van der Waals surface area contributed by atoms with Crippen molar-refractivity contribution in [2.24, 2.45) is 5.92 Å². The molecule has 6 aromatic rings. The number of fused-ring (bicyclic) bond motifs is 2. The molecule has 1 N–H and O–H groups in total. The molecule has 10 nitrogen and oxygen atoms in total. The summed E-state index contributed by atoms with van der Waals surface area (Å²) in [4.78, 5) is 39.8. The van der Waals surface area contributed by atoms with Crippen molar-refractivity contribution >= 4 is 16.7 Å². The number of pyridine rings is 2. The van der Waals surface area contributed by atoms with Crippen LogP contribution in [0.4, 0.5) is 4.39 Å². The Balaban J connectivity index is 1.10. The summed E-state index contributed by atoms with van der Waals surface area (Å²) < 4.78 is 25.0. The summed E-state index contributed by atoms with van der Waals surface area (Å²) in [5, 5.41) is 10.4. The lowest BCUT2D eigenvalue weighted by Gasteiger charge is -2.30. The van der Waals surface area contributed by atoms with Crippen LogP contribution in [0.25, 0.3) is 33.5 Å². The number of hydrogen-bond acceptors (Lipinski definition) is 7. The Bertz CT molecular complexity index is 2350. The third-order valence-electron chi connectivity index (χ3n) is 10.7. The number of morpholine rings is 1. The van der Waals surface area contributed by atoms with Gasteiger partial charge in [-0.15, -0.1) is 0 Å². The van der Waals surface area contributed by atoms with Crippen LogP contribution < -0.4 is 11.2 Å². The lowest BCUT2D eigenvalue weighted by Crippen LogP contribution is -2.43. The molecule has 0 unspecified atom stereocenters. The highest BCUT2D eigenvalue weighted by atomic mass is 19.1. The molecule has 0 spiro atoms. The zero-order valence-corrected chi connectivity index (χ0v) is 28.7. The maximum absolute atomic E-state index is 14.6. The number of aromatic hydroxyl groups is 1. The van der Waals surface area contributed by atoms with Gasteiger partial charge >= 0.3 is 5.69 Å². The predicted molar refractivity (Wildman–Crippen MR) is 194 cm³/mol. The molecule has 262 valence electrons. The normalized spacial score (nSPS) is 18.5. The summed E-state index contributed by atoms with van der Waals surface area (Å²) in [6.07, 6.45) is 8.06. The largest absolute Gasteiger partial charge is 0.508 e. The number of aryl methyl sites for hydroxylation is 2. The molecule has 51 heavy (non-hydrogen) atoms. The number of imidazole rings is 1. The van der Waals surface area contributed by atoms with E-state index < -0.39 is 17.1 Å². The predicted octanol–water partition coefficient (Wildman–Crippen LogP) is 6.21. The van der Waals surface area contributed by atoms with Crippen LogP contribution in [0.2, 0.25) is 0 Å². The topological polar surface area (TPSA) is 107 Å². The number of ether oxygens (including phenoxy) is 1. The second-order valence-electron chi connectivity index (χ2n) is 13.9. The van der Waals surface area contributed by atoms with Crippen LogP contribution in [0.1, 0.15) is 55.1 Å². The quantitative estimate of drug-likeness (QED) is 0.203. The van der Waals surface area contributed by atoms with E-state index in [1.165, 1.54) is 15.2 Å². The first-order valence-corrected chi connectivity index (χ1v) is 17.8. The van der Waals surface area contributed by atoms with Gasteiger partial charge in [0.05, 0.1) is 36.2 Å². The second-order valence-corrected chi connectivity index (χ2v) is 13.9. The Morgan fingerprint density at radius 2 is 1.78 bits per heavy atom. The average Bonchev–Trinajstić information content (AvgIpc) is 3.47. The number of phenols is 1. The molecule has 11 heteroatoms. The third-order valence-corrected chi connectivity index (χ3v) is 10.7. The lowest BCUT2D eigenvalue weighted by atomic mass is 9.83. The van der Waals surface area contributed by atoms with Gasteiger partial charge in [0.2, 0.25) is 0 Å². The summed E-state index contributed by atoms with van der Waals surface area (Å²) in [6, 6.07) is 19.8. The lowest BCUT2D eigenvalue weighted by molar-refractivity contribution is 0.0342. The van der Waals surface area contributed by atoms with Gasteiger partial charge in [-0.1, -0.05) is 24.3 Å². The summed E-state index contributed by atoms with van der Waals surface area (Å²) in [5.74, 6) is 0.00298. The summed E-state index contributed by atoms with van der Waals surface area (Å²) in [5.41, 5.74) is 5.59. The van der Waals surface area contributed by atoms with Crippen LogP contribution in [0, 0.1) is 18.7 Å². The highest BCUT2D eigenvalue weighted by Gasteiger charge is 2.28. The maximum atomic E-state index is 14.6. The molecule has 2 fully saturated rings. The Morgan fingerprint density at radius 3 is 2.59 bits per heavy atom. The van der Waals surface area contributed by atoms with E-state index >= 15 is 0 Å². The fraction of sp³-hybridized carbons (Fsp3) is 0.350. The number of hydrogen-bond donors (Lipinski definition) is 1. The zero-order valence-electron chi connectivity index (χ0n) is 28.7. The van der Waals surface area contributed by atoms with Crippen LogP contribution in [-0.4, -0.2) is 59.8 Å². The van der Waals surface area contributed by atoms with Crippen LogP contribution >= 0.6 is 0 Å². The first kappa shape index (κ1) is 33.0. The average molecular weight is 689 g/mol. The van der Waals surface area contributed by atoms with E-state index in [4.69, 9.17) is 9.72 Å². The van der Waals surface area contributed by atoms with E-state index in [0.29, 0.717) is 44.2 Å². The first-order chi connectivity index (χ1) is 24.8. The monoisotopic (exact) mass is 688 g/mol. The molecular weight excluding hydrogens is 647 g/mol. The smallest absolute Gasteiger partial charge is 0.337 e. The Kier molecular flexibility index (Phi) is 8.99. The molecule has 8 rings (SSSR count). The van der Waals surface area contributed by atoms with Gasteiger partial charge in [0.1, 0.15) is 17.2 Å². The van der Waals surface area contributed by atoms with E-state index in [1.54, 1.807) is 12.1 Å². The molecule has 1 aliphatic carbocycles. The molecule has 0 amide bonds. The van der Waals surface area contributed by atoms with Crippen molar-refractivity contribution < 1.29 is 14.2 Å². The minimum atomic E-state index is -0.632.